The SMILES string of the molecule is CN(CC1CCCCN1)C(=O)COc1ccc(Cl)cc1. The number of nitrogens with zero attached hydrogens (tertiary/aromatic N) is 1. The van der Waals surface area contributed by atoms with Crippen LogP contribution in [0.3, 0.4) is 0 Å². The Morgan fingerprint density at radius 1 is 1.40 bits per heavy atom. The lowest BCUT2D eigenvalue weighted by atomic mass is 10.0. The Kier molecular flexibility index (Phi) is 5.68. The van der Waals surface area contributed by atoms with Crippen molar-refractivity contribution >= 4 is 17.5 Å². The van der Waals surface area contributed by atoms with Crippen molar-refractivity contribution in [1.29, 1.82) is 0 Å². The van der Waals surface area contributed by atoms with Crippen molar-refractivity contribution < 1.29 is 9.53 Å². The fourth-order valence-corrected chi connectivity index (χ4v) is 2.42. The number of carbonyl (C=O) groups excluding carboxylic acids is 1. The van der Waals surface area contributed by atoms with Gasteiger partial charge in [0.1, 0.15) is 5.75 Å². The summed E-state index contributed by atoms with van der Waals surface area (Å²) >= 11 is 5.80. The van der Waals surface area contributed by atoms with Crippen molar-refractivity contribution in [2.45, 2.75) is 25.3 Å². The number of rotatable bonds is 5. The molecule has 1 fully saturated rings. The zero-order chi connectivity index (χ0) is 14.4. The van der Waals surface area contributed by atoms with Gasteiger partial charge in [-0.2, -0.15) is 0 Å². The van der Waals surface area contributed by atoms with Crippen LogP contribution in [0.2, 0.25) is 5.02 Å². The van der Waals surface area contributed by atoms with E-state index >= 15 is 0 Å². The molecular weight excluding hydrogens is 276 g/mol. The number of halogens is 1. The third-order valence-electron chi connectivity index (χ3n) is 3.51. The third-order valence-corrected chi connectivity index (χ3v) is 3.76. The number of carbonyl (C=O) groups is 1. The standard InChI is InChI=1S/C15H21ClN2O2/c1-18(10-13-4-2-3-9-17-13)15(19)11-20-14-7-5-12(16)6-8-14/h5-8,13,17H,2-4,9-11H2,1H3. The van der Waals surface area contributed by atoms with Gasteiger partial charge in [0.25, 0.3) is 5.91 Å². The monoisotopic (exact) mass is 296 g/mol. The number of amides is 1. The van der Waals surface area contributed by atoms with E-state index in [1.165, 1.54) is 12.8 Å². The smallest absolute Gasteiger partial charge is 0.260 e. The Hall–Kier alpha value is -1.26. The third kappa shape index (κ3) is 4.69. The highest BCUT2D eigenvalue weighted by Crippen LogP contribution is 2.15. The quantitative estimate of drug-likeness (QED) is 0.907. The van der Waals surface area contributed by atoms with E-state index < -0.39 is 0 Å². The van der Waals surface area contributed by atoms with Crippen molar-refractivity contribution in [3.8, 4) is 5.75 Å². The molecule has 0 saturated carbocycles. The van der Waals surface area contributed by atoms with Gasteiger partial charge in [0.15, 0.2) is 6.61 Å². The summed E-state index contributed by atoms with van der Waals surface area (Å²) < 4.78 is 5.46. The highest BCUT2D eigenvalue weighted by molar-refractivity contribution is 6.30. The minimum atomic E-state index is -0.00711. The van der Waals surface area contributed by atoms with Crippen molar-refractivity contribution in [2.24, 2.45) is 0 Å². The molecule has 4 nitrogen and oxygen atoms in total. The zero-order valence-corrected chi connectivity index (χ0v) is 12.5. The summed E-state index contributed by atoms with van der Waals surface area (Å²) in [5, 5.41) is 4.09. The lowest BCUT2D eigenvalue weighted by Gasteiger charge is -2.28. The molecule has 110 valence electrons. The molecule has 1 unspecified atom stereocenters. The molecule has 1 amide bonds. The second-order valence-electron chi connectivity index (χ2n) is 5.16. The first-order chi connectivity index (χ1) is 9.65. The Morgan fingerprint density at radius 2 is 2.15 bits per heavy atom. The van der Waals surface area contributed by atoms with Gasteiger partial charge < -0.3 is 15.0 Å². The molecule has 1 saturated heterocycles. The first-order valence-corrected chi connectivity index (χ1v) is 7.38. The van der Waals surface area contributed by atoms with Crippen LogP contribution in [0.25, 0.3) is 0 Å². The molecule has 1 aliphatic heterocycles. The lowest BCUT2D eigenvalue weighted by molar-refractivity contribution is -0.132. The Labute approximate surface area is 125 Å². The van der Waals surface area contributed by atoms with E-state index in [9.17, 15) is 4.79 Å². The molecule has 0 aliphatic carbocycles. The van der Waals surface area contributed by atoms with Gasteiger partial charge in [0.05, 0.1) is 0 Å². The highest BCUT2D eigenvalue weighted by atomic mass is 35.5. The molecule has 5 heteroatoms. The Balaban J connectivity index is 1.74. The second-order valence-corrected chi connectivity index (χ2v) is 5.60. The van der Waals surface area contributed by atoms with Crippen molar-refractivity contribution in [1.82, 2.24) is 10.2 Å². The zero-order valence-electron chi connectivity index (χ0n) is 11.8. The maximum atomic E-state index is 12.0. The molecule has 0 bridgehead atoms. The van der Waals surface area contributed by atoms with E-state index in [0.29, 0.717) is 16.8 Å². The minimum absolute atomic E-state index is 0.00711. The van der Waals surface area contributed by atoms with Crippen LogP contribution in [-0.2, 0) is 4.79 Å². The predicted molar refractivity (Wildman–Crippen MR) is 80.2 cm³/mol. The Morgan fingerprint density at radius 3 is 2.80 bits per heavy atom. The van der Waals surface area contributed by atoms with Gasteiger partial charge in [-0.1, -0.05) is 18.0 Å². The van der Waals surface area contributed by atoms with Gasteiger partial charge in [0.2, 0.25) is 0 Å². The predicted octanol–water partition coefficient (Wildman–Crippen LogP) is 2.32. The maximum Gasteiger partial charge on any atom is 0.260 e. The summed E-state index contributed by atoms with van der Waals surface area (Å²) in [6, 6.07) is 7.43. The van der Waals surface area contributed by atoms with Gasteiger partial charge in [-0.3, -0.25) is 4.79 Å². The first-order valence-electron chi connectivity index (χ1n) is 7.01. The van der Waals surface area contributed by atoms with Crippen molar-refractivity contribution in [2.75, 3.05) is 26.7 Å². The fraction of sp³-hybridized carbons (Fsp3) is 0.533. The van der Waals surface area contributed by atoms with Crippen LogP contribution in [0.5, 0.6) is 5.75 Å². The summed E-state index contributed by atoms with van der Waals surface area (Å²) in [4.78, 5) is 13.7. The van der Waals surface area contributed by atoms with Crippen LogP contribution >= 0.6 is 11.6 Å². The van der Waals surface area contributed by atoms with E-state index in [1.807, 2.05) is 7.05 Å². The van der Waals surface area contributed by atoms with Crippen molar-refractivity contribution in [3.05, 3.63) is 29.3 Å². The topological polar surface area (TPSA) is 41.6 Å². The number of nitrogens with one attached hydrogen (secondary N) is 1. The molecule has 1 aromatic carbocycles. The van der Waals surface area contributed by atoms with E-state index in [4.69, 9.17) is 16.3 Å². The summed E-state index contributed by atoms with van der Waals surface area (Å²) in [6.07, 6.45) is 3.60. The number of piperidine rings is 1. The minimum Gasteiger partial charge on any atom is -0.484 e. The van der Waals surface area contributed by atoms with E-state index in [1.54, 1.807) is 29.2 Å². The van der Waals surface area contributed by atoms with Gasteiger partial charge in [-0.25, -0.2) is 0 Å². The van der Waals surface area contributed by atoms with Crippen LogP contribution in [0.4, 0.5) is 0 Å². The number of likely N-dealkylation sites (N-methyl/N-ethyl adjacent to an activating group) is 1. The molecule has 1 aliphatic rings. The highest BCUT2D eigenvalue weighted by Gasteiger charge is 2.17. The van der Waals surface area contributed by atoms with Gasteiger partial charge >= 0.3 is 0 Å². The second kappa shape index (κ2) is 7.50. The van der Waals surface area contributed by atoms with E-state index in [2.05, 4.69) is 5.32 Å². The van der Waals surface area contributed by atoms with Crippen LogP contribution in [-0.4, -0.2) is 43.6 Å². The molecule has 0 spiro atoms. The maximum absolute atomic E-state index is 12.0. The van der Waals surface area contributed by atoms with Crippen LogP contribution < -0.4 is 10.1 Å². The molecule has 0 radical (unpaired) electrons. The summed E-state index contributed by atoms with van der Waals surface area (Å²) in [7, 11) is 1.82. The summed E-state index contributed by atoms with van der Waals surface area (Å²) in [5.41, 5.74) is 0. The molecule has 1 atom stereocenters. The molecule has 1 aromatic rings. The van der Waals surface area contributed by atoms with E-state index in [0.717, 1.165) is 19.5 Å². The van der Waals surface area contributed by atoms with Gasteiger partial charge in [-0.15, -0.1) is 0 Å². The molecule has 1 N–H and O–H groups in total. The normalized spacial score (nSPS) is 18.6. The summed E-state index contributed by atoms with van der Waals surface area (Å²) in [6.45, 7) is 1.85. The lowest BCUT2D eigenvalue weighted by Crippen LogP contribution is -2.45. The fourth-order valence-electron chi connectivity index (χ4n) is 2.30. The van der Waals surface area contributed by atoms with Crippen LogP contribution in [0, 0.1) is 0 Å². The van der Waals surface area contributed by atoms with Gasteiger partial charge in [-0.05, 0) is 43.7 Å². The summed E-state index contributed by atoms with van der Waals surface area (Å²) in [5.74, 6) is 0.652. The molecular formula is C15H21ClN2O2. The Bertz CT molecular complexity index is 430. The number of benzene rings is 1. The molecule has 2 rings (SSSR count). The van der Waals surface area contributed by atoms with Gasteiger partial charge in [0, 0.05) is 24.7 Å². The number of hydrogen-bond donors (Lipinski definition) is 1. The molecule has 1 heterocycles. The van der Waals surface area contributed by atoms with Crippen LogP contribution in [0.15, 0.2) is 24.3 Å². The first kappa shape index (κ1) is 15.1. The molecule has 20 heavy (non-hydrogen) atoms. The van der Waals surface area contributed by atoms with Crippen molar-refractivity contribution in [3.63, 3.8) is 0 Å². The largest absolute Gasteiger partial charge is 0.484 e. The van der Waals surface area contributed by atoms with Crippen LogP contribution in [0.1, 0.15) is 19.3 Å². The van der Waals surface area contributed by atoms with E-state index in [-0.39, 0.29) is 12.5 Å². The number of hydrogen-bond acceptors (Lipinski definition) is 3. The molecule has 0 aromatic heterocycles. The average molecular weight is 297 g/mol. The average Bonchev–Trinajstić information content (AvgIpc) is 2.47. The number of ether oxygens (including phenoxy) is 1.